The molecule has 1 aliphatic rings. The molecule has 1 aromatic heterocycles. The third-order valence-corrected chi connectivity index (χ3v) is 4.26. The Kier molecular flexibility index (Phi) is 4.48. The quantitative estimate of drug-likeness (QED) is 0.895. The second kappa shape index (κ2) is 6.56. The van der Waals surface area contributed by atoms with Crippen LogP contribution >= 0.6 is 0 Å². The highest BCUT2D eigenvalue weighted by Crippen LogP contribution is 2.30. The molecule has 0 aliphatic carbocycles. The van der Waals surface area contributed by atoms with Gasteiger partial charge < -0.3 is 15.4 Å². The topological polar surface area (TPSA) is 68.2 Å². The van der Waals surface area contributed by atoms with Gasteiger partial charge in [0.15, 0.2) is 17.4 Å². The first-order valence-electron chi connectivity index (χ1n) is 7.62. The third-order valence-electron chi connectivity index (χ3n) is 4.26. The number of nitrogens with zero attached hydrogens (tertiary/aromatic N) is 2. The highest BCUT2D eigenvalue weighted by molar-refractivity contribution is 5.96. The molecule has 6 nitrogen and oxygen atoms in total. The molecule has 2 heterocycles. The molecule has 1 aliphatic heterocycles. The molecule has 0 atom stereocenters. The van der Waals surface area contributed by atoms with Crippen LogP contribution in [0.5, 0.6) is 5.75 Å². The van der Waals surface area contributed by atoms with Gasteiger partial charge in [-0.1, -0.05) is 0 Å². The van der Waals surface area contributed by atoms with Crippen LogP contribution in [0.2, 0.25) is 0 Å². The minimum atomic E-state index is -0.887. The summed E-state index contributed by atoms with van der Waals surface area (Å²) in [6.45, 7) is 1.30. The number of amides is 1. The van der Waals surface area contributed by atoms with Gasteiger partial charge in [-0.25, -0.2) is 8.78 Å². The van der Waals surface area contributed by atoms with Crippen LogP contribution in [0, 0.1) is 11.6 Å². The zero-order valence-electron chi connectivity index (χ0n) is 13.2. The molecule has 8 heteroatoms. The summed E-state index contributed by atoms with van der Waals surface area (Å²) in [7, 11) is 1.18. The van der Waals surface area contributed by atoms with Gasteiger partial charge in [0.25, 0.3) is 5.91 Å². The van der Waals surface area contributed by atoms with Crippen LogP contribution in [0.4, 0.5) is 14.5 Å². The largest absolute Gasteiger partial charge is 0.491 e. The van der Waals surface area contributed by atoms with Crippen LogP contribution in [-0.4, -0.2) is 35.9 Å². The maximum absolute atomic E-state index is 13.8. The van der Waals surface area contributed by atoms with E-state index in [4.69, 9.17) is 0 Å². The number of halogens is 2. The number of nitrogens with one attached hydrogen (secondary N) is 2. The van der Waals surface area contributed by atoms with E-state index in [1.54, 1.807) is 23.1 Å². The van der Waals surface area contributed by atoms with Crippen molar-refractivity contribution in [2.24, 2.45) is 0 Å². The minimum Gasteiger partial charge on any atom is -0.491 e. The van der Waals surface area contributed by atoms with E-state index >= 15 is 0 Å². The zero-order valence-corrected chi connectivity index (χ0v) is 13.2. The smallest absolute Gasteiger partial charge is 0.252 e. The molecule has 1 saturated heterocycles. The SMILES string of the molecule is COc1c(F)cc(NC(=O)C2(n3cccn3)CCNCC2)cc1F. The highest BCUT2D eigenvalue weighted by atomic mass is 19.1. The Bertz CT molecular complexity index is 705. The van der Waals surface area contributed by atoms with Crippen molar-refractivity contribution in [3.05, 3.63) is 42.2 Å². The van der Waals surface area contributed by atoms with Crippen molar-refractivity contribution in [3.8, 4) is 5.75 Å². The van der Waals surface area contributed by atoms with Gasteiger partial charge >= 0.3 is 0 Å². The standard InChI is InChI=1S/C16H18F2N4O2/c1-24-14-12(17)9-11(10-13(14)18)21-15(23)16(3-6-19-7-4-16)22-8-2-5-20-22/h2,5,8-10,19H,3-4,6-7H2,1H3,(H,21,23). The molecular weight excluding hydrogens is 318 g/mol. The average molecular weight is 336 g/mol. The van der Waals surface area contributed by atoms with Crippen molar-refractivity contribution in [1.82, 2.24) is 15.1 Å². The molecule has 2 N–H and O–H groups in total. The van der Waals surface area contributed by atoms with Crippen molar-refractivity contribution >= 4 is 11.6 Å². The van der Waals surface area contributed by atoms with Crippen molar-refractivity contribution in [1.29, 1.82) is 0 Å². The predicted molar refractivity (Wildman–Crippen MR) is 83.8 cm³/mol. The summed E-state index contributed by atoms with van der Waals surface area (Å²) in [5, 5.41) is 10.0. The third kappa shape index (κ3) is 2.84. The van der Waals surface area contributed by atoms with E-state index < -0.39 is 22.9 Å². The Morgan fingerprint density at radius 3 is 2.54 bits per heavy atom. The van der Waals surface area contributed by atoms with Crippen LogP contribution < -0.4 is 15.4 Å². The van der Waals surface area contributed by atoms with Gasteiger partial charge in [-0.3, -0.25) is 9.48 Å². The van der Waals surface area contributed by atoms with Gasteiger partial charge in [0, 0.05) is 30.2 Å². The first-order valence-corrected chi connectivity index (χ1v) is 7.62. The molecule has 1 amide bonds. The fraction of sp³-hybridized carbons (Fsp3) is 0.375. The van der Waals surface area contributed by atoms with E-state index in [2.05, 4.69) is 20.5 Å². The maximum atomic E-state index is 13.8. The maximum Gasteiger partial charge on any atom is 0.252 e. The Labute approximate surface area is 137 Å². The monoisotopic (exact) mass is 336 g/mol. The predicted octanol–water partition coefficient (Wildman–Crippen LogP) is 1.89. The zero-order chi connectivity index (χ0) is 17.2. The first-order chi connectivity index (χ1) is 11.6. The second-order valence-electron chi connectivity index (χ2n) is 5.66. The van der Waals surface area contributed by atoms with Crippen molar-refractivity contribution in [3.63, 3.8) is 0 Å². The van der Waals surface area contributed by atoms with Crippen molar-refractivity contribution in [2.45, 2.75) is 18.4 Å². The molecular formula is C16H18F2N4O2. The molecule has 0 saturated carbocycles. The van der Waals surface area contributed by atoms with Gasteiger partial charge in [-0.05, 0) is 32.0 Å². The molecule has 0 radical (unpaired) electrons. The normalized spacial score (nSPS) is 16.6. The number of carbonyl (C=O) groups excluding carboxylic acids is 1. The summed E-state index contributed by atoms with van der Waals surface area (Å²) in [6, 6.07) is 3.82. The number of carbonyl (C=O) groups is 1. The Balaban J connectivity index is 1.90. The lowest BCUT2D eigenvalue weighted by molar-refractivity contribution is -0.126. The number of piperidine rings is 1. The lowest BCUT2D eigenvalue weighted by Gasteiger charge is -2.36. The van der Waals surface area contributed by atoms with Gasteiger partial charge in [-0.2, -0.15) is 5.10 Å². The molecule has 0 unspecified atom stereocenters. The number of hydrogen-bond acceptors (Lipinski definition) is 4. The fourth-order valence-electron chi connectivity index (χ4n) is 3.00. The van der Waals surface area contributed by atoms with Crippen LogP contribution in [0.15, 0.2) is 30.6 Å². The van der Waals surface area contributed by atoms with E-state index in [1.807, 2.05) is 0 Å². The van der Waals surface area contributed by atoms with E-state index in [0.717, 1.165) is 12.1 Å². The lowest BCUT2D eigenvalue weighted by atomic mass is 9.87. The fourth-order valence-corrected chi connectivity index (χ4v) is 3.00. The number of aromatic nitrogens is 2. The van der Waals surface area contributed by atoms with Gasteiger partial charge in [-0.15, -0.1) is 0 Å². The molecule has 3 rings (SSSR count). The highest BCUT2D eigenvalue weighted by Gasteiger charge is 2.42. The lowest BCUT2D eigenvalue weighted by Crippen LogP contribution is -2.52. The summed E-state index contributed by atoms with van der Waals surface area (Å²) in [6.07, 6.45) is 4.38. The van der Waals surface area contributed by atoms with E-state index in [-0.39, 0.29) is 11.6 Å². The van der Waals surface area contributed by atoms with Crippen LogP contribution in [0.1, 0.15) is 12.8 Å². The average Bonchev–Trinajstić information content (AvgIpc) is 3.10. The number of methoxy groups -OCH3 is 1. The minimum absolute atomic E-state index is 0.0425. The molecule has 24 heavy (non-hydrogen) atoms. The summed E-state index contributed by atoms with van der Waals surface area (Å²) in [5.41, 5.74) is -0.845. The molecule has 128 valence electrons. The summed E-state index contributed by atoms with van der Waals surface area (Å²) < 4.78 is 33.9. The first kappa shape index (κ1) is 16.4. The molecule has 1 fully saturated rings. The molecule has 0 bridgehead atoms. The Morgan fingerprint density at radius 1 is 1.33 bits per heavy atom. The molecule has 0 spiro atoms. The summed E-state index contributed by atoms with van der Waals surface area (Å²) >= 11 is 0. The molecule has 1 aromatic carbocycles. The molecule has 2 aromatic rings. The summed E-state index contributed by atoms with van der Waals surface area (Å²) in [4.78, 5) is 12.9. The van der Waals surface area contributed by atoms with E-state index in [1.165, 1.54) is 7.11 Å². The van der Waals surface area contributed by atoms with E-state index in [9.17, 15) is 13.6 Å². The van der Waals surface area contributed by atoms with Crippen LogP contribution in [0.25, 0.3) is 0 Å². The van der Waals surface area contributed by atoms with Gasteiger partial charge in [0.1, 0.15) is 5.54 Å². The van der Waals surface area contributed by atoms with Crippen molar-refractivity contribution in [2.75, 3.05) is 25.5 Å². The van der Waals surface area contributed by atoms with Crippen molar-refractivity contribution < 1.29 is 18.3 Å². The number of rotatable bonds is 4. The number of benzene rings is 1. The van der Waals surface area contributed by atoms with Gasteiger partial charge in [0.2, 0.25) is 0 Å². The second-order valence-corrected chi connectivity index (χ2v) is 5.66. The van der Waals surface area contributed by atoms with Crippen LogP contribution in [0.3, 0.4) is 0 Å². The number of ether oxygens (including phenoxy) is 1. The van der Waals surface area contributed by atoms with E-state index in [0.29, 0.717) is 25.9 Å². The number of anilines is 1. The van der Waals surface area contributed by atoms with Crippen LogP contribution in [-0.2, 0) is 10.3 Å². The Morgan fingerprint density at radius 2 is 2.00 bits per heavy atom. The van der Waals surface area contributed by atoms with Gasteiger partial charge in [0.05, 0.1) is 7.11 Å². The summed E-state index contributed by atoms with van der Waals surface area (Å²) in [5.74, 6) is -2.56. The Hall–Kier alpha value is -2.48. The number of hydrogen-bond donors (Lipinski definition) is 2.